The van der Waals surface area contributed by atoms with Crippen molar-refractivity contribution in [1.29, 1.82) is 0 Å². The van der Waals surface area contributed by atoms with E-state index in [1.807, 2.05) is 13.8 Å². The summed E-state index contributed by atoms with van der Waals surface area (Å²) in [7, 11) is 1.78. The van der Waals surface area contributed by atoms with E-state index in [0.29, 0.717) is 34.8 Å². The molecule has 0 saturated heterocycles. The molecule has 1 aromatic carbocycles. The molecule has 1 unspecified atom stereocenters. The molecule has 2 aliphatic rings. The molecule has 1 saturated carbocycles. The summed E-state index contributed by atoms with van der Waals surface area (Å²) in [6.07, 6.45) is 4.14. The van der Waals surface area contributed by atoms with Gasteiger partial charge in [0.25, 0.3) is 5.56 Å². The van der Waals surface area contributed by atoms with Gasteiger partial charge in [0.05, 0.1) is 6.33 Å². The van der Waals surface area contributed by atoms with Gasteiger partial charge in [-0.05, 0) is 29.4 Å². The van der Waals surface area contributed by atoms with Crippen molar-refractivity contribution in [3.05, 3.63) is 70.1 Å². The molecule has 0 N–H and O–H groups in total. The van der Waals surface area contributed by atoms with Crippen molar-refractivity contribution in [2.24, 2.45) is 13.0 Å². The highest BCUT2D eigenvalue weighted by Gasteiger charge is 2.58. The predicted octanol–water partition coefficient (Wildman–Crippen LogP) is 2.64. The first-order valence-corrected chi connectivity index (χ1v) is 9.97. The molecule has 6 rings (SSSR count). The van der Waals surface area contributed by atoms with E-state index in [2.05, 4.69) is 44.4 Å². The first-order valence-electron chi connectivity index (χ1n) is 9.97. The Kier molecular flexibility index (Phi) is 4.08. The van der Waals surface area contributed by atoms with E-state index >= 15 is 0 Å². The van der Waals surface area contributed by atoms with E-state index in [1.54, 1.807) is 17.9 Å². The highest BCUT2D eigenvalue weighted by molar-refractivity contribution is 5.68. The lowest BCUT2D eigenvalue weighted by Crippen LogP contribution is -2.22. The van der Waals surface area contributed by atoms with Crippen LogP contribution in [-0.2, 0) is 20.0 Å². The lowest BCUT2D eigenvalue weighted by atomic mass is 10.0. The molecule has 0 radical (unpaired) electrons. The zero-order chi connectivity index (χ0) is 20.1. The van der Waals surface area contributed by atoms with Crippen LogP contribution in [0.15, 0.2) is 46.2 Å². The van der Waals surface area contributed by atoms with Crippen LogP contribution in [0.25, 0.3) is 11.2 Å². The van der Waals surface area contributed by atoms with Gasteiger partial charge in [0.1, 0.15) is 12.9 Å². The Morgan fingerprint density at radius 2 is 1.93 bits per heavy atom. The van der Waals surface area contributed by atoms with Gasteiger partial charge < -0.3 is 9.09 Å². The average Bonchev–Trinajstić information content (AvgIpc) is 3.11. The Morgan fingerprint density at radius 1 is 1.14 bits per heavy atom. The first kappa shape index (κ1) is 17.8. The van der Waals surface area contributed by atoms with Crippen LogP contribution in [0.3, 0.4) is 0 Å². The van der Waals surface area contributed by atoms with Crippen LogP contribution in [0, 0.1) is 5.92 Å². The largest absolute Gasteiger partial charge is 0.337 e. The number of fused-ring (bicyclic) bond motifs is 4. The quantitative estimate of drug-likeness (QED) is 0.534. The van der Waals surface area contributed by atoms with Crippen molar-refractivity contribution >= 4 is 11.2 Å². The molecule has 4 aromatic rings. The smallest absolute Gasteiger partial charge is 0.280 e. The maximum Gasteiger partial charge on any atom is 0.280 e. The van der Waals surface area contributed by atoms with E-state index < -0.39 is 0 Å². The van der Waals surface area contributed by atoms with Crippen LogP contribution in [0.2, 0.25) is 0 Å². The van der Waals surface area contributed by atoms with E-state index in [9.17, 15) is 4.79 Å². The number of aromatic nitrogens is 6. The van der Waals surface area contributed by atoms with Gasteiger partial charge in [0, 0.05) is 13.0 Å². The Morgan fingerprint density at radius 3 is 2.79 bits per heavy atom. The van der Waals surface area contributed by atoms with E-state index in [0.717, 1.165) is 12.2 Å². The lowest BCUT2D eigenvalue weighted by Gasteiger charge is -2.04. The third kappa shape index (κ3) is 2.70. The average molecular weight is 390 g/mol. The number of nitrogens with zero attached hydrogens (tertiary/aromatic N) is 6. The molecule has 3 aromatic heterocycles. The van der Waals surface area contributed by atoms with Crippen molar-refractivity contribution in [2.75, 3.05) is 0 Å². The summed E-state index contributed by atoms with van der Waals surface area (Å²) >= 11 is 0. The molecule has 2 aliphatic carbocycles. The fraction of sp³-hybridized carbons (Fsp3) is 0.381. The predicted molar refractivity (Wildman–Crippen MR) is 107 cm³/mol. The second kappa shape index (κ2) is 6.65. The molecule has 0 bridgehead atoms. The van der Waals surface area contributed by atoms with Gasteiger partial charge in [-0.15, -0.1) is 0 Å². The Labute approximate surface area is 167 Å². The molecule has 3 atom stereocenters. The standard InChI is InChI=1S/C19H16N6O2.C2H6/c1-24-8-20-18-16(24)19(26)25(9-21-18)7-13-22-17(23-27-13)15-12-6-10-4-2-3-5-11(10)14(12)15;1-2/h2-5,8-9,12,14-15H,6-7H2,1H3;1-2H3/t12-,14+,15?;/m1./s1. The van der Waals surface area contributed by atoms with Crippen LogP contribution < -0.4 is 5.56 Å². The summed E-state index contributed by atoms with van der Waals surface area (Å²) in [5.41, 5.74) is 3.59. The minimum Gasteiger partial charge on any atom is -0.337 e. The van der Waals surface area contributed by atoms with Crippen molar-refractivity contribution in [1.82, 2.24) is 29.2 Å². The molecule has 29 heavy (non-hydrogen) atoms. The number of imidazole rings is 1. The number of aryl methyl sites for hydroxylation is 1. The fourth-order valence-electron chi connectivity index (χ4n) is 4.50. The van der Waals surface area contributed by atoms with Crippen LogP contribution in [-0.4, -0.2) is 29.2 Å². The Bertz CT molecular complexity index is 1250. The maximum atomic E-state index is 12.6. The van der Waals surface area contributed by atoms with Crippen LogP contribution in [0.5, 0.6) is 0 Å². The minimum atomic E-state index is -0.169. The molecule has 8 heteroatoms. The number of benzene rings is 1. The summed E-state index contributed by atoms with van der Waals surface area (Å²) in [5, 5.41) is 4.19. The Balaban J connectivity index is 0.000000882. The number of hydrogen-bond donors (Lipinski definition) is 0. The minimum absolute atomic E-state index is 0.169. The highest BCUT2D eigenvalue weighted by Crippen LogP contribution is 2.65. The van der Waals surface area contributed by atoms with E-state index in [4.69, 9.17) is 4.52 Å². The Hall–Kier alpha value is -3.29. The molecular formula is C21H22N6O2. The zero-order valence-corrected chi connectivity index (χ0v) is 16.6. The molecular weight excluding hydrogens is 368 g/mol. The fourth-order valence-corrected chi connectivity index (χ4v) is 4.50. The first-order chi connectivity index (χ1) is 14.2. The summed E-state index contributed by atoms with van der Waals surface area (Å²) < 4.78 is 8.58. The van der Waals surface area contributed by atoms with Crippen LogP contribution >= 0.6 is 0 Å². The second-order valence-electron chi connectivity index (χ2n) is 7.37. The normalized spacial score (nSPS) is 21.4. The van der Waals surface area contributed by atoms with Gasteiger partial charge in [-0.25, -0.2) is 9.97 Å². The van der Waals surface area contributed by atoms with Crippen molar-refractivity contribution in [3.8, 4) is 0 Å². The summed E-state index contributed by atoms with van der Waals surface area (Å²) in [6, 6.07) is 8.59. The number of hydrogen-bond acceptors (Lipinski definition) is 6. The van der Waals surface area contributed by atoms with Gasteiger partial charge in [0.2, 0.25) is 5.89 Å². The monoisotopic (exact) mass is 390 g/mol. The maximum absolute atomic E-state index is 12.6. The molecule has 0 spiro atoms. The molecule has 8 nitrogen and oxygen atoms in total. The molecule has 148 valence electrons. The van der Waals surface area contributed by atoms with Gasteiger partial charge in [0.15, 0.2) is 17.0 Å². The van der Waals surface area contributed by atoms with Crippen molar-refractivity contribution in [2.45, 2.75) is 38.6 Å². The SMILES string of the molecule is CC.Cn1cnc2ncn(Cc3nc(C4[C@H]5c6ccccc6C[C@@H]45)no3)c(=O)c21. The third-order valence-corrected chi connectivity index (χ3v) is 5.83. The molecule has 1 fully saturated rings. The van der Waals surface area contributed by atoms with Gasteiger partial charge in [-0.3, -0.25) is 9.36 Å². The highest BCUT2D eigenvalue weighted by atomic mass is 16.5. The second-order valence-corrected chi connectivity index (χ2v) is 7.37. The summed E-state index contributed by atoms with van der Waals surface area (Å²) in [4.78, 5) is 25.5. The van der Waals surface area contributed by atoms with Gasteiger partial charge in [-0.2, -0.15) is 4.98 Å². The molecule has 0 aliphatic heterocycles. The zero-order valence-electron chi connectivity index (χ0n) is 16.6. The molecule has 3 heterocycles. The van der Waals surface area contributed by atoms with Gasteiger partial charge >= 0.3 is 0 Å². The number of rotatable bonds is 3. The van der Waals surface area contributed by atoms with Crippen LogP contribution in [0.1, 0.15) is 48.5 Å². The van der Waals surface area contributed by atoms with Crippen LogP contribution in [0.4, 0.5) is 0 Å². The molecule has 0 amide bonds. The van der Waals surface area contributed by atoms with E-state index in [1.165, 1.54) is 22.0 Å². The third-order valence-electron chi connectivity index (χ3n) is 5.83. The van der Waals surface area contributed by atoms with Crippen molar-refractivity contribution in [3.63, 3.8) is 0 Å². The lowest BCUT2D eigenvalue weighted by molar-refractivity contribution is 0.364. The van der Waals surface area contributed by atoms with E-state index in [-0.39, 0.29) is 12.1 Å². The summed E-state index contributed by atoms with van der Waals surface area (Å²) in [5.74, 6) is 2.57. The summed E-state index contributed by atoms with van der Waals surface area (Å²) in [6.45, 7) is 4.21. The van der Waals surface area contributed by atoms with Crippen molar-refractivity contribution < 1.29 is 4.52 Å². The van der Waals surface area contributed by atoms with Gasteiger partial charge in [-0.1, -0.05) is 43.3 Å². The topological polar surface area (TPSA) is 91.6 Å².